The minimum absolute atomic E-state index is 0.129. The van der Waals surface area contributed by atoms with Crippen LogP contribution < -0.4 is 0 Å². The van der Waals surface area contributed by atoms with Crippen molar-refractivity contribution in [2.24, 2.45) is 5.92 Å². The molecular formula is C25H26FN3O. The van der Waals surface area contributed by atoms with E-state index >= 15 is 0 Å². The van der Waals surface area contributed by atoms with Crippen molar-refractivity contribution in [1.29, 1.82) is 0 Å². The van der Waals surface area contributed by atoms with E-state index in [9.17, 15) is 9.18 Å². The molecule has 0 bridgehead atoms. The van der Waals surface area contributed by atoms with Gasteiger partial charge in [-0.15, -0.1) is 0 Å². The minimum Gasteiger partial charge on any atom is -0.344 e. The molecule has 3 aromatic rings. The summed E-state index contributed by atoms with van der Waals surface area (Å²) >= 11 is 0. The molecule has 154 valence electrons. The third-order valence-electron chi connectivity index (χ3n) is 5.73. The van der Waals surface area contributed by atoms with Gasteiger partial charge in [-0.05, 0) is 41.3 Å². The number of benzene rings is 2. The van der Waals surface area contributed by atoms with Crippen LogP contribution in [0.3, 0.4) is 0 Å². The van der Waals surface area contributed by atoms with Crippen molar-refractivity contribution < 1.29 is 9.18 Å². The first-order chi connectivity index (χ1) is 14.6. The molecule has 1 fully saturated rings. The standard InChI is InChI=1S/C25H26FN3O/c1-28-13-14-29(17-19-8-10-23(26)11-9-19)18-22(25(28)30)15-20-5-2-3-7-24(20)21-6-4-12-27-16-21/h2-12,16,22H,13-15,17-18H2,1H3. The number of rotatable bonds is 5. The second kappa shape index (κ2) is 9.18. The maximum absolute atomic E-state index is 13.2. The first-order valence-corrected chi connectivity index (χ1v) is 10.3. The second-order valence-corrected chi connectivity index (χ2v) is 7.92. The first-order valence-electron chi connectivity index (χ1n) is 10.3. The van der Waals surface area contributed by atoms with E-state index in [1.807, 2.05) is 54.5 Å². The first kappa shape index (κ1) is 20.2. The molecule has 0 spiro atoms. The Labute approximate surface area is 177 Å². The van der Waals surface area contributed by atoms with Crippen molar-refractivity contribution in [3.63, 3.8) is 0 Å². The number of hydrogen-bond acceptors (Lipinski definition) is 3. The van der Waals surface area contributed by atoms with Crippen LogP contribution in [0.15, 0.2) is 73.1 Å². The van der Waals surface area contributed by atoms with Crippen molar-refractivity contribution in [2.45, 2.75) is 13.0 Å². The maximum Gasteiger partial charge on any atom is 0.227 e. The Kier molecular flexibility index (Phi) is 6.19. The number of carbonyl (C=O) groups is 1. The lowest BCUT2D eigenvalue weighted by Crippen LogP contribution is -2.34. The summed E-state index contributed by atoms with van der Waals surface area (Å²) in [5, 5.41) is 0. The van der Waals surface area contributed by atoms with Gasteiger partial charge in [-0.1, -0.05) is 42.5 Å². The highest BCUT2D eigenvalue weighted by Crippen LogP contribution is 2.27. The van der Waals surface area contributed by atoms with Crippen LogP contribution in [0, 0.1) is 11.7 Å². The molecule has 1 saturated heterocycles. The lowest BCUT2D eigenvalue weighted by atomic mass is 9.91. The zero-order chi connectivity index (χ0) is 20.9. The molecule has 4 rings (SSSR count). The van der Waals surface area contributed by atoms with E-state index in [4.69, 9.17) is 0 Å². The molecule has 0 N–H and O–H groups in total. The van der Waals surface area contributed by atoms with Crippen LogP contribution in [-0.4, -0.2) is 47.4 Å². The lowest BCUT2D eigenvalue weighted by molar-refractivity contribution is -0.133. The topological polar surface area (TPSA) is 36.4 Å². The molecule has 0 radical (unpaired) electrons. The van der Waals surface area contributed by atoms with Gasteiger partial charge in [-0.2, -0.15) is 0 Å². The molecule has 4 nitrogen and oxygen atoms in total. The summed E-state index contributed by atoms with van der Waals surface area (Å²) in [6.45, 7) is 2.89. The fraction of sp³-hybridized carbons (Fsp3) is 0.280. The summed E-state index contributed by atoms with van der Waals surface area (Å²) in [6.07, 6.45) is 4.30. The number of carbonyl (C=O) groups excluding carboxylic acids is 1. The highest BCUT2D eigenvalue weighted by Gasteiger charge is 2.29. The van der Waals surface area contributed by atoms with E-state index in [0.29, 0.717) is 26.1 Å². The number of pyridine rings is 1. The molecule has 1 aliphatic heterocycles. The van der Waals surface area contributed by atoms with Crippen molar-refractivity contribution in [3.05, 3.63) is 90.0 Å². The SMILES string of the molecule is CN1CCN(Cc2ccc(F)cc2)CC(Cc2ccccc2-c2cccnc2)C1=O. The number of amides is 1. The minimum atomic E-state index is -0.227. The average Bonchev–Trinajstić information content (AvgIpc) is 2.90. The van der Waals surface area contributed by atoms with Crippen molar-refractivity contribution in [2.75, 3.05) is 26.7 Å². The third-order valence-corrected chi connectivity index (χ3v) is 5.73. The van der Waals surface area contributed by atoms with E-state index in [-0.39, 0.29) is 17.6 Å². The summed E-state index contributed by atoms with van der Waals surface area (Å²) in [5.41, 5.74) is 4.39. The average molecular weight is 404 g/mol. The number of aromatic nitrogens is 1. The van der Waals surface area contributed by atoms with Crippen LogP contribution in [0.1, 0.15) is 11.1 Å². The number of likely N-dealkylation sites (N-methyl/N-ethyl adjacent to an activating group) is 1. The van der Waals surface area contributed by atoms with E-state index < -0.39 is 0 Å². The van der Waals surface area contributed by atoms with Crippen molar-refractivity contribution in [1.82, 2.24) is 14.8 Å². The summed E-state index contributed by atoms with van der Waals surface area (Å²) in [7, 11) is 1.88. The zero-order valence-corrected chi connectivity index (χ0v) is 17.2. The predicted octanol–water partition coefficient (Wildman–Crippen LogP) is 4.02. The van der Waals surface area contributed by atoms with Gasteiger partial charge < -0.3 is 4.90 Å². The quantitative estimate of drug-likeness (QED) is 0.646. The van der Waals surface area contributed by atoms with Gasteiger partial charge in [-0.25, -0.2) is 4.39 Å². The van der Waals surface area contributed by atoms with E-state index in [1.165, 1.54) is 12.1 Å². The van der Waals surface area contributed by atoms with Gasteiger partial charge in [0.1, 0.15) is 5.82 Å². The zero-order valence-electron chi connectivity index (χ0n) is 17.2. The lowest BCUT2D eigenvalue weighted by Gasteiger charge is -2.24. The van der Waals surface area contributed by atoms with Crippen molar-refractivity contribution in [3.8, 4) is 11.1 Å². The van der Waals surface area contributed by atoms with E-state index in [1.54, 1.807) is 6.20 Å². The van der Waals surface area contributed by atoms with Crippen LogP contribution in [-0.2, 0) is 17.8 Å². The molecule has 1 atom stereocenters. The molecule has 1 unspecified atom stereocenters. The molecule has 0 saturated carbocycles. The highest BCUT2D eigenvalue weighted by atomic mass is 19.1. The summed E-state index contributed by atoms with van der Waals surface area (Å²) in [5.74, 6) is -0.178. The molecule has 2 heterocycles. The Morgan fingerprint density at radius 3 is 2.60 bits per heavy atom. The van der Waals surface area contributed by atoms with Gasteiger partial charge in [0, 0.05) is 51.2 Å². The van der Waals surface area contributed by atoms with Crippen LogP contribution in [0.4, 0.5) is 4.39 Å². The second-order valence-electron chi connectivity index (χ2n) is 7.92. The molecule has 1 amide bonds. The fourth-order valence-corrected chi connectivity index (χ4v) is 4.11. The van der Waals surface area contributed by atoms with E-state index in [0.717, 1.165) is 28.8 Å². The van der Waals surface area contributed by atoms with Crippen LogP contribution in [0.25, 0.3) is 11.1 Å². The predicted molar refractivity (Wildman–Crippen MR) is 116 cm³/mol. The summed E-state index contributed by atoms with van der Waals surface area (Å²) < 4.78 is 13.2. The monoisotopic (exact) mass is 403 g/mol. The van der Waals surface area contributed by atoms with Gasteiger partial charge in [0.25, 0.3) is 0 Å². The fourth-order valence-electron chi connectivity index (χ4n) is 4.11. The summed E-state index contributed by atoms with van der Waals surface area (Å²) in [6, 6.07) is 18.8. The third kappa shape index (κ3) is 4.74. The number of hydrogen-bond donors (Lipinski definition) is 0. The van der Waals surface area contributed by atoms with Gasteiger partial charge in [0.15, 0.2) is 0 Å². The van der Waals surface area contributed by atoms with Crippen LogP contribution in [0.5, 0.6) is 0 Å². The molecule has 1 aliphatic rings. The van der Waals surface area contributed by atoms with E-state index in [2.05, 4.69) is 22.0 Å². The molecule has 2 aromatic carbocycles. The largest absolute Gasteiger partial charge is 0.344 e. The van der Waals surface area contributed by atoms with Crippen molar-refractivity contribution >= 4 is 5.91 Å². The molecule has 0 aliphatic carbocycles. The Hall–Kier alpha value is -3.05. The van der Waals surface area contributed by atoms with Crippen LogP contribution in [0.2, 0.25) is 0 Å². The van der Waals surface area contributed by atoms with Crippen LogP contribution >= 0.6 is 0 Å². The Balaban J connectivity index is 1.56. The number of halogens is 1. The molecular weight excluding hydrogens is 377 g/mol. The van der Waals surface area contributed by atoms with Gasteiger partial charge in [-0.3, -0.25) is 14.7 Å². The number of nitrogens with zero attached hydrogens (tertiary/aromatic N) is 3. The highest BCUT2D eigenvalue weighted by molar-refractivity contribution is 5.80. The molecule has 1 aromatic heterocycles. The Morgan fingerprint density at radius 1 is 1.03 bits per heavy atom. The normalized spacial score (nSPS) is 17.7. The van der Waals surface area contributed by atoms with Gasteiger partial charge in [0.2, 0.25) is 5.91 Å². The Bertz CT molecular complexity index is 991. The van der Waals surface area contributed by atoms with Gasteiger partial charge >= 0.3 is 0 Å². The summed E-state index contributed by atoms with van der Waals surface area (Å²) in [4.78, 5) is 21.5. The Morgan fingerprint density at radius 2 is 1.83 bits per heavy atom. The maximum atomic E-state index is 13.2. The van der Waals surface area contributed by atoms with Gasteiger partial charge in [0.05, 0.1) is 5.92 Å². The smallest absolute Gasteiger partial charge is 0.227 e. The molecule has 5 heteroatoms. The molecule has 30 heavy (non-hydrogen) atoms.